The van der Waals surface area contributed by atoms with Crippen LogP contribution in [0.4, 0.5) is 0 Å². The van der Waals surface area contributed by atoms with Crippen LogP contribution in [0.2, 0.25) is 0 Å². The number of esters is 5. The molecule has 11 nitrogen and oxygen atoms in total. The molecule has 0 saturated carbocycles. The van der Waals surface area contributed by atoms with Gasteiger partial charge >= 0.3 is 29.8 Å². The molecule has 0 aliphatic rings. The highest BCUT2D eigenvalue weighted by atomic mass is 16.6. The van der Waals surface area contributed by atoms with Crippen LogP contribution >= 0.6 is 0 Å². The van der Waals surface area contributed by atoms with Crippen molar-refractivity contribution in [2.45, 2.75) is 59.0 Å². The van der Waals surface area contributed by atoms with Crippen molar-refractivity contribution in [3.05, 3.63) is 0 Å². The molecule has 11 heteroatoms. The molecule has 0 rings (SSSR count). The van der Waals surface area contributed by atoms with Crippen molar-refractivity contribution in [2.24, 2.45) is 0 Å². The van der Waals surface area contributed by atoms with E-state index in [4.69, 9.17) is 28.4 Å². The number of rotatable bonds is 11. The fraction of sp³-hybridized carbons (Fsp3) is 0.706. The van der Waals surface area contributed by atoms with Gasteiger partial charge in [-0.05, 0) is 0 Å². The SMILES string of the molecule is CO[C@@H]([C@H](OC(C)=O)[C@H](COC(C)=O)OC(C)=O)[C@@H](COC(C)=O)OC(C)=O. The molecule has 0 saturated heterocycles. The van der Waals surface area contributed by atoms with Crippen molar-refractivity contribution >= 4 is 29.8 Å². The number of carbonyl (C=O) groups is 5. The van der Waals surface area contributed by atoms with Gasteiger partial charge in [-0.1, -0.05) is 0 Å². The molecule has 4 atom stereocenters. The van der Waals surface area contributed by atoms with Gasteiger partial charge in [0, 0.05) is 41.7 Å². The van der Waals surface area contributed by atoms with Crippen molar-refractivity contribution < 1.29 is 52.4 Å². The Kier molecular flexibility index (Phi) is 11.4. The van der Waals surface area contributed by atoms with Gasteiger partial charge in [-0.2, -0.15) is 0 Å². The summed E-state index contributed by atoms with van der Waals surface area (Å²) in [6.45, 7) is 4.76. The molecule has 0 amide bonds. The second-order valence-corrected chi connectivity index (χ2v) is 5.68. The third kappa shape index (κ3) is 10.5. The Bertz CT molecular complexity index is 571. The maximum Gasteiger partial charge on any atom is 0.303 e. The van der Waals surface area contributed by atoms with E-state index in [1.807, 2.05) is 0 Å². The van der Waals surface area contributed by atoms with E-state index in [1.54, 1.807) is 0 Å². The fourth-order valence-corrected chi connectivity index (χ4v) is 2.26. The number of methoxy groups -OCH3 is 1. The molecule has 0 spiro atoms. The lowest BCUT2D eigenvalue weighted by molar-refractivity contribution is -0.201. The van der Waals surface area contributed by atoms with Crippen LogP contribution in [0.5, 0.6) is 0 Å². The van der Waals surface area contributed by atoms with Gasteiger partial charge in [-0.3, -0.25) is 24.0 Å². The topological polar surface area (TPSA) is 141 Å². The standard InChI is InChI=1S/C17H26O11/c1-9(18)24-7-14(26-11(3)20)16(23-6)17(28-13(5)22)15(27-12(4)21)8-25-10(2)19/h14-17H,7-8H2,1-6H3/t14-,15+,16-,17-/m1/s1. The lowest BCUT2D eigenvalue weighted by Gasteiger charge is -2.34. The third-order valence-corrected chi connectivity index (χ3v) is 3.17. The van der Waals surface area contributed by atoms with Crippen LogP contribution in [0, 0.1) is 0 Å². The van der Waals surface area contributed by atoms with E-state index in [1.165, 1.54) is 7.11 Å². The summed E-state index contributed by atoms with van der Waals surface area (Å²) in [7, 11) is 1.22. The lowest BCUT2D eigenvalue weighted by atomic mass is 10.0. The van der Waals surface area contributed by atoms with E-state index in [-0.39, 0.29) is 0 Å². The molecule has 0 aromatic carbocycles. The Morgan fingerprint density at radius 2 is 0.929 bits per heavy atom. The molecule has 0 heterocycles. The smallest absolute Gasteiger partial charge is 0.303 e. The van der Waals surface area contributed by atoms with E-state index in [0.717, 1.165) is 34.6 Å². The van der Waals surface area contributed by atoms with Gasteiger partial charge < -0.3 is 28.4 Å². The van der Waals surface area contributed by atoms with Crippen molar-refractivity contribution in [2.75, 3.05) is 20.3 Å². The summed E-state index contributed by atoms with van der Waals surface area (Å²) in [5.74, 6) is -3.53. The molecule has 0 bridgehead atoms. The van der Waals surface area contributed by atoms with Crippen molar-refractivity contribution in [3.8, 4) is 0 Å². The third-order valence-electron chi connectivity index (χ3n) is 3.17. The summed E-state index contributed by atoms with van der Waals surface area (Å²) < 4.78 is 30.5. The molecule has 160 valence electrons. The van der Waals surface area contributed by atoms with E-state index in [2.05, 4.69) is 0 Å². The predicted molar refractivity (Wildman–Crippen MR) is 90.7 cm³/mol. The van der Waals surface area contributed by atoms with Crippen molar-refractivity contribution in [1.82, 2.24) is 0 Å². The summed E-state index contributed by atoms with van der Waals surface area (Å²) in [5, 5.41) is 0. The Labute approximate surface area is 162 Å². The molecular formula is C17H26O11. The average molecular weight is 406 g/mol. The molecular weight excluding hydrogens is 380 g/mol. The molecule has 0 aromatic heterocycles. The number of ether oxygens (including phenoxy) is 6. The molecule has 0 radical (unpaired) electrons. The summed E-state index contributed by atoms with van der Waals surface area (Å²) >= 11 is 0. The van der Waals surface area contributed by atoms with Gasteiger partial charge in [0.1, 0.15) is 19.3 Å². The summed E-state index contributed by atoms with van der Waals surface area (Å²) in [6.07, 6.45) is -5.03. The molecule has 28 heavy (non-hydrogen) atoms. The Balaban J connectivity index is 5.86. The second kappa shape index (κ2) is 12.7. The summed E-state index contributed by atoms with van der Waals surface area (Å²) in [6, 6.07) is 0. The van der Waals surface area contributed by atoms with Crippen LogP contribution in [-0.2, 0) is 52.4 Å². The normalized spacial score (nSPS) is 14.6. The van der Waals surface area contributed by atoms with E-state index in [0.29, 0.717) is 0 Å². The minimum absolute atomic E-state index is 0.411. The average Bonchev–Trinajstić information content (AvgIpc) is 2.54. The monoisotopic (exact) mass is 406 g/mol. The van der Waals surface area contributed by atoms with Crippen LogP contribution < -0.4 is 0 Å². The van der Waals surface area contributed by atoms with Crippen LogP contribution in [0.3, 0.4) is 0 Å². The number of hydrogen-bond acceptors (Lipinski definition) is 11. The van der Waals surface area contributed by atoms with E-state index >= 15 is 0 Å². The van der Waals surface area contributed by atoms with Gasteiger partial charge in [-0.25, -0.2) is 0 Å². The van der Waals surface area contributed by atoms with Crippen LogP contribution in [-0.4, -0.2) is 74.6 Å². The van der Waals surface area contributed by atoms with Gasteiger partial charge in [-0.15, -0.1) is 0 Å². The minimum Gasteiger partial charge on any atom is -0.462 e. The first kappa shape index (κ1) is 25.3. The largest absolute Gasteiger partial charge is 0.462 e. The zero-order valence-electron chi connectivity index (χ0n) is 16.7. The van der Waals surface area contributed by atoms with Gasteiger partial charge in [0.2, 0.25) is 0 Å². The zero-order chi connectivity index (χ0) is 21.9. The van der Waals surface area contributed by atoms with Gasteiger partial charge in [0.05, 0.1) is 0 Å². The molecule has 0 aliphatic heterocycles. The maximum atomic E-state index is 11.6. The van der Waals surface area contributed by atoms with Crippen LogP contribution in [0.25, 0.3) is 0 Å². The van der Waals surface area contributed by atoms with Gasteiger partial charge in [0.15, 0.2) is 18.3 Å². The Morgan fingerprint density at radius 3 is 1.21 bits per heavy atom. The second-order valence-electron chi connectivity index (χ2n) is 5.68. The molecule has 0 fully saturated rings. The fourth-order valence-electron chi connectivity index (χ4n) is 2.26. The van der Waals surface area contributed by atoms with Crippen LogP contribution in [0.1, 0.15) is 34.6 Å². The van der Waals surface area contributed by atoms with Gasteiger partial charge in [0.25, 0.3) is 0 Å². The van der Waals surface area contributed by atoms with Crippen molar-refractivity contribution in [1.29, 1.82) is 0 Å². The quantitative estimate of drug-likeness (QED) is 0.336. The first-order chi connectivity index (χ1) is 13.0. The molecule has 0 aliphatic carbocycles. The lowest BCUT2D eigenvalue weighted by Crippen LogP contribution is -2.53. The van der Waals surface area contributed by atoms with E-state index < -0.39 is 67.5 Å². The minimum atomic E-state index is -1.34. The summed E-state index contributed by atoms with van der Waals surface area (Å²) in [4.78, 5) is 56.8. The summed E-state index contributed by atoms with van der Waals surface area (Å²) in [5.41, 5.74) is 0. The number of hydrogen-bond donors (Lipinski definition) is 0. The Hall–Kier alpha value is -2.69. The highest BCUT2D eigenvalue weighted by Crippen LogP contribution is 2.19. The maximum absolute atomic E-state index is 11.6. The van der Waals surface area contributed by atoms with Crippen LogP contribution in [0.15, 0.2) is 0 Å². The highest BCUT2D eigenvalue weighted by Gasteiger charge is 2.42. The molecule has 0 unspecified atom stereocenters. The molecule has 0 N–H and O–H groups in total. The van der Waals surface area contributed by atoms with Crippen molar-refractivity contribution in [3.63, 3.8) is 0 Å². The predicted octanol–water partition coefficient (Wildman–Crippen LogP) is -0.0773. The zero-order valence-corrected chi connectivity index (χ0v) is 16.7. The number of carbonyl (C=O) groups excluding carboxylic acids is 5. The Morgan fingerprint density at radius 1 is 0.571 bits per heavy atom. The highest BCUT2D eigenvalue weighted by molar-refractivity contribution is 5.68. The van der Waals surface area contributed by atoms with E-state index in [9.17, 15) is 24.0 Å². The first-order valence-corrected chi connectivity index (χ1v) is 8.29. The first-order valence-electron chi connectivity index (χ1n) is 8.29. The molecule has 0 aromatic rings.